The van der Waals surface area contributed by atoms with Crippen LogP contribution in [0.15, 0.2) is 17.2 Å². The molecule has 1 unspecified atom stereocenters. The van der Waals surface area contributed by atoms with Gasteiger partial charge in [-0.05, 0) is 25.0 Å². The summed E-state index contributed by atoms with van der Waals surface area (Å²) in [5.41, 5.74) is 0.740. The molecular formula is C16H22N2O6. The number of benzene rings is 1. The summed E-state index contributed by atoms with van der Waals surface area (Å²) >= 11 is 0. The summed E-state index contributed by atoms with van der Waals surface area (Å²) in [6.07, 6.45) is 2.23. The van der Waals surface area contributed by atoms with Gasteiger partial charge in [0.15, 0.2) is 17.7 Å². The van der Waals surface area contributed by atoms with Crippen molar-refractivity contribution in [3.8, 4) is 17.2 Å². The molecule has 0 bridgehead atoms. The minimum Gasteiger partial charge on any atom is -0.493 e. The Kier molecular flexibility index (Phi) is 6.11. The minimum atomic E-state index is -1.30. The molecule has 1 atom stereocenters. The number of hydrogen-bond acceptors (Lipinski definition) is 7. The van der Waals surface area contributed by atoms with E-state index in [4.69, 9.17) is 24.1 Å². The predicted molar refractivity (Wildman–Crippen MR) is 87.1 cm³/mol. The van der Waals surface area contributed by atoms with Gasteiger partial charge in [-0.3, -0.25) is 5.01 Å². The summed E-state index contributed by atoms with van der Waals surface area (Å²) in [5.74, 6) is 1.55. The number of piperidine rings is 1. The Hall–Kier alpha value is -2.64. The third-order valence-electron chi connectivity index (χ3n) is 3.70. The van der Waals surface area contributed by atoms with Crippen molar-refractivity contribution >= 4 is 12.4 Å². The highest BCUT2D eigenvalue weighted by Gasteiger charge is 2.24. The van der Waals surface area contributed by atoms with Crippen LogP contribution in [0.1, 0.15) is 24.8 Å². The van der Waals surface area contributed by atoms with E-state index >= 15 is 0 Å². The Morgan fingerprint density at radius 3 is 2.42 bits per heavy atom. The highest BCUT2D eigenvalue weighted by Crippen LogP contribution is 2.37. The third-order valence-corrected chi connectivity index (χ3v) is 3.70. The van der Waals surface area contributed by atoms with E-state index in [9.17, 15) is 4.79 Å². The van der Waals surface area contributed by atoms with E-state index in [1.165, 1.54) is 7.11 Å². The summed E-state index contributed by atoms with van der Waals surface area (Å²) in [5, 5.41) is 14.8. The van der Waals surface area contributed by atoms with Crippen LogP contribution in [-0.2, 0) is 4.74 Å². The highest BCUT2D eigenvalue weighted by molar-refractivity contribution is 5.82. The molecule has 0 aromatic heterocycles. The van der Waals surface area contributed by atoms with Gasteiger partial charge < -0.3 is 24.1 Å². The Labute approximate surface area is 140 Å². The molecule has 2 rings (SSSR count). The number of carbonyl (C=O) groups is 1. The maximum absolute atomic E-state index is 10.8. The standard InChI is InChI=1S/C16H22N2O6/c1-21-12-8-11(9-13(22-2)15(12)23-3)10-17-18-7-5-4-6-14(18)24-16(19)20/h8-10,14H,4-7H2,1-3H3,(H,19,20)/b17-10+. The molecule has 0 saturated carbocycles. The fraction of sp³-hybridized carbons (Fsp3) is 0.500. The van der Waals surface area contributed by atoms with Gasteiger partial charge in [-0.25, -0.2) is 4.79 Å². The molecule has 1 aliphatic heterocycles. The largest absolute Gasteiger partial charge is 0.507 e. The van der Waals surface area contributed by atoms with Crippen molar-refractivity contribution < 1.29 is 28.8 Å². The lowest BCUT2D eigenvalue weighted by atomic mass is 10.1. The summed E-state index contributed by atoms with van der Waals surface area (Å²) in [6.45, 7) is 0.638. The fourth-order valence-electron chi connectivity index (χ4n) is 2.57. The second-order valence-corrected chi connectivity index (χ2v) is 5.20. The first-order valence-corrected chi connectivity index (χ1v) is 7.59. The Morgan fingerprint density at radius 2 is 1.88 bits per heavy atom. The van der Waals surface area contributed by atoms with Crippen LogP contribution in [-0.4, -0.2) is 56.6 Å². The van der Waals surface area contributed by atoms with E-state index in [0.717, 1.165) is 18.4 Å². The van der Waals surface area contributed by atoms with Crippen molar-refractivity contribution in [1.29, 1.82) is 0 Å². The average molecular weight is 338 g/mol. The topological polar surface area (TPSA) is 89.8 Å². The first-order valence-electron chi connectivity index (χ1n) is 7.59. The van der Waals surface area contributed by atoms with Crippen LogP contribution < -0.4 is 14.2 Å². The molecule has 1 N–H and O–H groups in total. The van der Waals surface area contributed by atoms with E-state index in [2.05, 4.69) is 5.10 Å². The molecule has 1 aromatic rings. The summed E-state index contributed by atoms with van der Waals surface area (Å²) < 4.78 is 20.8. The van der Waals surface area contributed by atoms with E-state index in [0.29, 0.717) is 30.2 Å². The van der Waals surface area contributed by atoms with Crippen molar-refractivity contribution in [3.63, 3.8) is 0 Å². The molecule has 8 nitrogen and oxygen atoms in total. The Bertz CT molecular complexity index is 579. The zero-order chi connectivity index (χ0) is 17.5. The predicted octanol–water partition coefficient (Wildman–Crippen LogP) is 2.55. The van der Waals surface area contributed by atoms with Crippen LogP contribution >= 0.6 is 0 Å². The van der Waals surface area contributed by atoms with Gasteiger partial charge in [0.2, 0.25) is 5.75 Å². The van der Waals surface area contributed by atoms with Gasteiger partial charge in [-0.2, -0.15) is 5.10 Å². The normalized spacial score (nSPS) is 17.6. The second kappa shape index (κ2) is 8.28. The zero-order valence-corrected chi connectivity index (χ0v) is 14.0. The maximum atomic E-state index is 10.8. The quantitative estimate of drug-likeness (QED) is 0.629. The van der Waals surface area contributed by atoms with E-state index < -0.39 is 12.4 Å². The van der Waals surface area contributed by atoms with Crippen molar-refractivity contribution in [3.05, 3.63) is 17.7 Å². The molecule has 0 spiro atoms. The molecular weight excluding hydrogens is 316 g/mol. The SMILES string of the molecule is COc1cc(/C=N/N2CCCCC2OC(=O)O)cc(OC)c1OC. The van der Waals surface area contributed by atoms with Gasteiger partial charge in [-0.15, -0.1) is 0 Å². The van der Waals surface area contributed by atoms with Gasteiger partial charge in [0, 0.05) is 18.5 Å². The molecule has 1 aromatic carbocycles. The van der Waals surface area contributed by atoms with Crippen molar-refractivity contribution in [2.45, 2.75) is 25.5 Å². The fourth-order valence-corrected chi connectivity index (χ4v) is 2.57. The average Bonchev–Trinajstić information content (AvgIpc) is 2.59. The lowest BCUT2D eigenvalue weighted by Gasteiger charge is -2.31. The van der Waals surface area contributed by atoms with E-state index in [1.54, 1.807) is 37.6 Å². The minimum absolute atomic E-state index is 0.502. The third kappa shape index (κ3) is 4.21. The molecule has 0 amide bonds. The van der Waals surface area contributed by atoms with Crippen molar-refractivity contribution in [1.82, 2.24) is 5.01 Å². The van der Waals surface area contributed by atoms with Crippen LogP contribution in [0, 0.1) is 0 Å². The number of nitrogens with zero attached hydrogens (tertiary/aromatic N) is 2. The molecule has 24 heavy (non-hydrogen) atoms. The number of methoxy groups -OCH3 is 3. The van der Waals surface area contributed by atoms with E-state index in [1.807, 2.05) is 0 Å². The summed E-state index contributed by atoms with van der Waals surface area (Å²) in [7, 11) is 4.62. The maximum Gasteiger partial charge on any atom is 0.507 e. The number of carboxylic acid groups (broad SMARTS) is 1. The molecule has 0 radical (unpaired) electrons. The lowest BCUT2D eigenvalue weighted by molar-refractivity contribution is -0.0538. The number of hydrazone groups is 1. The molecule has 0 aliphatic carbocycles. The van der Waals surface area contributed by atoms with Crippen LogP contribution in [0.5, 0.6) is 17.2 Å². The van der Waals surface area contributed by atoms with Crippen LogP contribution in [0.4, 0.5) is 4.79 Å². The van der Waals surface area contributed by atoms with Gasteiger partial charge >= 0.3 is 6.16 Å². The van der Waals surface area contributed by atoms with Gasteiger partial charge in [0.1, 0.15) is 0 Å². The molecule has 1 fully saturated rings. The van der Waals surface area contributed by atoms with Crippen LogP contribution in [0.25, 0.3) is 0 Å². The summed E-state index contributed by atoms with van der Waals surface area (Å²) in [4.78, 5) is 10.8. The molecule has 1 aliphatic rings. The molecule has 132 valence electrons. The Morgan fingerprint density at radius 1 is 1.21 bits per heavy atom. The molecule has 1 heterocycles. The smallest absolute Gasteiger partial charge is 0.493 e. The number of rotatable bonds is 6. The first-order chi connectivity index (χ1) is 11.6. The lowest BCUT2D eigenvalue weighted by Crippen LogP contribution is -2.38. The molecule has 8 heteroatoms. The summed E-state index contributed by atoms with van der Waals surface area (Å²) in [6, 6.07) is 3.53. The van der Waals surface area contributed by atoms with Gasteiger partial charge in [0.25, 0.3) is 0 Å². The molecule has 1 saturated heterocycles. The van der Waals surface area contributed by atoms with Crippen LogP contribution in [0.2, 0.25) is 0 Å². The number of ether oxygens (including phenoxy) is 4. The van der Waals surface area contributed by atoms with E-state index in [-0.39, 0.29) is 0 Å². The van der Waals surface area contributed by atoms with Crippen LogP contribution in [0.3, 0.4) is 0 Å². The van der Waals surface area contributed by atoms with Gasteiger partial charge in [0.05, 0.1) is 27.5 Å². The number of hydrogen-bond donors (Lipinski definition) is 1. The zero-order valence-electron chi connectivity index (χ0n) is 14.0. The highest BCUT2D eigenvalue weighted by atomic mass is 16.7. The second-order valence-electron chi connectivity index (χ2n) is 5.20. The van der Waals surface area contributed by atoms with Crippen molar-refractivity contribution in [2.24, 2.45) is 5.10 Å². The monoisotopic (exact) mass is 338 g/mol. The van der Waals surface area contributed by atoms with Gasteiger partial charge in [-0.1, -0.05) is 0 Å². The first kappa shape index (κ1) is 17.7. The van der Waals surface area contributed by atoms with Crippen molar-refractivity contribution in [2.75, 3.05) is 27.9 Å². The Balaban J connectivity index is 2.22.